The minimum atomic E-state index is -0.980. The molecule has 2 N–H and O–H groups in total. The maximum atomic E-state index is 13.5. The van der Waals surface area contributed by atoms with Crippen LogP contribution in [0.1, 0.15) is 25.7 Å². The molecule has 1 aromatic carbocycles. The Balaban J connectivity index is 2.30. The Labute approximate surface area is 108 Å². The average Bonchev–Trinajstić information content (AvgIpc) is 2.24. The molecule has 0 spiro atoms. The lowest BCUT2D eigenvalue weighted by atomic mass is 9.74. The predicted molar refractivity (Wildman–Crippen MR) is 65.5 cm³/mol. The van der Waals surface area contributed by atoms with E-state index >= 15 is 0 Å². The molecule has 6 nitrogen and oxygen atoms in total. The third-order valence-corrected chi connectivity index (χ3v) is 3.37. The zero-order valence-electron chi connectivity index (χ0n) is 10.1. The third kappa shape index (κ3) is 2.64. The van der Waals surface area contributed by atoms with Crippen LogP contribution < -0.4 is 5.32 Å². The Hall–Kier alpha value is -2.18. The number of carboxylic acids is 1. The normalized spacial score (nSPS) is 16.5. The second kappa shape index (κ2) is 4.83. The number of carboxylic acid groups (broad SMARTS) is 1. The first kappa shape index (κ1) is 13.3. The van der Waals surface area contributed by atoms with Crippen LogP contribution in [0, 0.1) is 15.9 Å². The fourth-order valence-corrected chi connectivity index (χ4v) is 2.33. The van der Waals surface area contributed by atoms with E-state index in [9.17, 15) is 19.3 Å². The molecule has 1 saturated carbocycles. The summed E-state index contributed by atoms with van der Waals surface area (Å²) in [6, 6.07) is 3.76. The van der Waals surface area contributed by atoms with Gasteiger partial charge in [0.2, 0.25) is 5.82 Å². The van der Waals surface area contributed by atoms with E-state index in [1.165, 1.54) is 12.1 Å². The van der Waals surface area contributed by atoms with E-state index in [0.717, 1.165) is 12.5 Å². The SMILES string of the molecule is O=C(O)CC1(Nc2cccc(F)c2[N+](=O)[O-])CCC1. The molecular weight excluding hydrogens is 255 g/mol. The fraction of sp³-hybridized carbons (Fsp3) is 0.417. The van der Waals surface area contributed by atoms with E-state index in [4.69, 9.17) is 5.11 Å². The molecule has 0 unspecified atom stereocenters. The van der Waals surface area contributed by atoms with Crippen molar-refractivity contribution >= 4 is 17.3 Å². The quantitative estimate of drug-likeness (QED) is 0.632. The van der Waals surface area contributed by atoms with Crippen LogP contribution in [0.4, 0.5) is 15.8 Å². The van der Waals surface area contributed by atoms with Crippen LogP contribution in [0.5, 0.6) is 0 Å². The minimum absolute atomic E-state index is 0.0333. The molecule has 102 valence electrons. The summed E-state index contributed by atoms with van der Waals surface area (Å²) in [5, 5.41) is 22.6. The van der Waals surface area contributed by atoms with Gasteiger partial charge >= 0.3 is 11.7 Å². The van der Waals surface area contributed by atoms with Gasteiger partial charge in [0.15, 0.2) is 0 Å². The Morgan fingerprint density at radius 3 is 2.68 bits per heavy atom. The summed E-state index contributed by atoms with van der Waals surface area (Å²) in [4.78, 5) is 20.9. The van der Waals surface area contributed by atoms with Crippen LogP contribution >= 0.6 is 0 Å². The molecule has 0 amide bonds. The van der Waals surface area contributed by atoms with Gasteiger partial charge in [-0.3, -0.25) is 14.9 Å². The molecule has 0 aliphatic heterocycles. The predicted octanol–water partition coefficient (Wildman–Crippen LogP) is 2.54. The number of aliphatic carboxylic acids is 1. The zero-order valence-corrected chi connectivity index (χ0v) is 10.1. The van der Waals surface area contributed by atoms with Crippen LogP contribution in [-0.2, 0) is 4.79 Å². The van der Waals surface area contributed by atoms with E-state index in [2.05, 4.69) is 5.32 Å². The van der Waals surface area contributed by atoms with Crippen molar-refractivity contribution in [2.45, 2.75) is 31.2 Å². The number of anilines is 1. The molecule has 0 atom stereocenters. The van der Waals surface area contributed by atoms with Gasteiger partial charge in [0, 0.05) is 5.54 Å². The Kier molecular flexibility index (Phi) is 3.37. The van der Waals surface area contributed by atoms with Crippen LogP contribution in [0.2, 0.25) is 0 Å². The summed E-state index contributed by atoms with van der Waals surface area (Å²) in [5.74, 6) is -1.91. The molecule has 1 aliphatic carbocycles. The number of carbonyl (C=O) groups is 1. The summed E-state index contributed by atoms with van der Waals surface area (Å²) in [6.45, 7) is 0. The van der Waals surface area contributed by atoms with Gasteiger partial charge in [0.25, 0.3) is 0 Å². The lowest BCUT2D eigenvalue weighted by molar-refractivity contribution is -0.386. The molecule has 0 saturated heterocycles. The summed E-state index contributed by atoms with van der Waals surface area (Å²) < 4.78 is 13.5. The highest BCUT2D eigenvalue weighted by Gasteiger charge is 2.40. The van der Waals surface area contributed by atoms with Crippen molar-refractivity contribution in [1.82, 2.24) is 0 Å². The van der Waals surface area contributed by atoms with Crippen LogP contribution in [0.25, 0.3) is 0 Å². The molecule has 1 aromatic rings. The van der Waals surface area contributed by atoms with Gasteiger partial charge in [-0.15, -0.1) is 0 Å². The van der Waals surface area contributed by atoms with Gasteiger partial charge in [-0.05, 0) is 31.4 Å². The number of nitro groups is 1. The number of rotatable bonds is 5. The Morgan fingerprint density at radius 2 is 2.21 bits per heavy atom. The average molecular weight is 268 g/mol. The second-order valence-electron chi connectivity index (χ2n) is 4.72. The standard InChI is InChI=1S/C12H13FN2O4/c13-8-3-1-4-9(11(8)15(18)19)14-12(5-2-6-12)7-10(16)17/h1,3-4,14H,2,5-7H2,(H,16,17). The Morgan fingerprint density at radius 1 is 1.53 bits per heavy atom. The highest BCUT2D eigenvalue weighted by molar-refractivity contribution is 5.71. The fourth-order valence-electron chi connectivity index (χ4n) is 2.33. The van der Waals surface area contributed by atoms with Crippen LogP contribution in [0.15, 0.2) is 18.2 Å². The maximum absolute atomic E-state index is 13.5. The summed E-state index contributed by atoms with van der Waals surface area (Å²) >= 11 is 0. The topological polar surface area (TPSA) is 92.5 Å². The molecule has 0 heterocycles. The third-order valence-electron chi connectivity index (χ3n) is 3.37. The molecular formula is C12H13FN2O4. The van der Waals surface area contributed by atoms with Crippen molar-refractivity contribution in [2.24, 2.45) is 0 Å². The number of nitrogens with one attached hydrogen (secondary N) is 1. The van der Waals surface area contributed by atoms with E-state index in [1.807, 2.05) is 0 Å². The molecule has 0 bridgehead atoms. The number of halogens is 1. The van der Waals surface area contributed by atoms with Crippen molar-refractivity contribution in [3.63, 3.8) is 0 Å². The minimum Gasteiger partial charge on any atom is -0.481 e. The van der Waals surface area contributed by atoms with Crippen molar-refractivity contribution in [1.29, 1.82) is 0 Å². The summed E-state index contributed by atoms with van der Waals surface area (Å²) in [7, 11) is 0. The maximum Gasteiger partial charge on any atom is 0.327 e. The first-order valence-corrected chi connectivity index (χ1v) is 5.86. The number of hydrogen-bond acceptors (Lipinski definition) is 4. The number of nitrogens with zero attached hydrogens (tertiary/aromatic N) is 1. The molecule has 7 heteroatoms. The number of benzene rings is 1. The summed E-state index contributed by atoms with van der Waals surface area (Å²) in [6.07, 6.45) is 1.92. The number of nitro benzene ring substituents is 1. The van der Waals surface area contributed by atoms with Crippen LogP contribution in [0.3, 0.4) is 0 Å². The zero-order chi connectivity index (χ0) is 14.0. The van der Waals surface area contributed by atoms with Gasteiger partial charge in [0.05, 0.1) is 11.3 Å². The molecule has 1 fully saturated rings. The first-order valence-electron chi connectivity index (χ1n) is 5.86. The molecule has 0 radical (unpaired) electrons. The van der Waals surface area contributed by atoms with Crippen LogP contribution in [-0.4, -0.2) is 21.5 Å². The van der Waals surface area contributed by atoms with Crippen molar-refractivity contribution < 1.29 is 19.2 Å². The van der Waals surface area contributed by atoms with E-state index in [1.54, 1.807) is 0 Å². The van der Waals surface area contributed by atoms with E-state index in [-0.39, 0.29) is 12.1 Å². The van der Waals surface area contributed by atoms with Gasteiger partial charge in [-0.25, -0.2) is 0 Å². The Bertz CT molecular complexity index is 528. The monoisotopic (exact) mass is 268 g/mol. The summed E-state index contributed by atoms with van der Waals surface area (Å²) in [5.41, 5.74) is -1.31. The second-order valence-corrected chi connectivity index (χ2v) is 4.72. The number of para-hydroxylation sites is 1. The van der Waals surface area contributed by atoms with E-state index < -0.39 is 27.9 Å². The van der Waals surface area contributed by atoms with E-state index in [0.29, 0.717) is 12.8 Å². The highest BCUT2D eigenvalue weighted by Crippen LogP contribution is 2.40. The highest BCUT2D eigenvalue weighted by atomic mass is 19.1. The lowest BCUT2D eigenvalue weighted by Crippen LogP contribution is -2.46. The van der Waals surface area contributed by atoms with Crippen molar-refractivity contribution in [3.8, 4) is 0 Å². The smallest absolute Gasteiger partial charge is 0.327 e. The van der Waals surface area contributed by atoms with Crippen molar-refractivity contribution in [3.05, 3.63) is 34.1 Å². The van der Waals surface area contributed by atoms with Gasteiger partial charge in [-0.2, -0.15) is 4.39 Å². The van der Waals surface area contributed by atoms with Gasteiger partial charge in [-0.1, -0.05) is 6.07 Å². The molecule has 2 rings (SSSR count). The van der Waals surface area contributed by atoms with Crippen molar-refractivity contribution in [2.75, 3.05) is 5.32 Å². The molecule has 0 aromatic heterocycles. The largest absolute Gasteiger partial charge is 0.481 e. The molecule has 1 aliphatic rings. The lowest BCUT2D eigenvalue weighted by Gasteiger charge is -2.42. The molecule has 19 heavy (non-hydrogen) atoms. The van der Waals surface area contributed by atoms with Gasteiger partial charge in [0.1, 0.15) is 5.69 Å². The van der Waals surface area contributed by atoms with Gasteiger partial charge < -0.3 is 10.4 Å². The first-order chi connectivity index (χ1) is 8.93. The number of hydrogen-bond donors (Lipinski definition) is 2.